The summed E-state index contributed by atoms with van der Waals surface area (Å²) in [6.45, 7) is 2.45. The van der Waals surface area contributed by atoms with Crippen LogP contribution in [0.4, 0.5) is 0 Å². The maximum absolute atomic E-state index is 9.86. The molecule has 0 aromatic carbocycles. The summed E-state index contributed by atoms with van der Waals surface area (Å²) in [6, 6.07) is 0. The molecule has 3 aliphatic carbocycles. The van der Waals surface area contributed by atoms with Crippen molar-refractivity contribution in [3.05, 3.63) is 0 Å². The highest BCUT2D eigenvalue weighted by atomic mass is 16.8. The topological polar surface area (TPSA) is 47.9 Å². The summed E-state index contributed by atoms with van der Waals surface area (Å²) in [5.74, 6) is 0.478. The van der Waals surface area contributed by atoms with Gasteiger partial charge in [0.2, 0.25) is 0 Å². The minimum absolute atomic E-state index is 0.0359. The van der Waals surface area contributed by atoms with Crippen LogP contribution >= 0.6 is 0 Å². The molecule has 1 unspecified atom stereocenters. The molecule has 2 bridgehead atoms. The Morgan fingerprint density at radius 2 is 2.19 bits per heavy atom. The maximum Gasteiger partial charge on any atom is 0.185 e. The molecule has 2 saturated heterocycles. The normalized spacial score (nSPS) is 76.3. The molecule has 4 nitrogen and oxygen atoms in total. The fraction of sp³-hybridized carbons (Fsp3) is 1.00. The largest absolute Gasteiger partial charge is 0.396 e. The predicted octanol–water partition coefficient (Wildman–Crippen LogP) is 0.493. The lowest BCUT2D eigenvalue weighted by molar-refractivity contribution is -0.616. The van der Waals surface area contributed by atoms with Crippen LogP contribution in [-0.4, -0.2) is 36.5 Å². The molecule has 0 radical (unpaired) electrons. The Hall–Kier alpha value is -0.160. The molecule has 7 atom stereocenters. The highest BCUT2D eigenvalue weighted by Crippen LogP contribution is 2.95. The first-order chi connectivity index (χ1) is 7.61. The van der Waals surface area contributed by atoms with Crippen molar-refractivity contribution in [2.24, 2.45) is 22.7 Å². The Morgan fingerprint density at radius 1 is 1.38 bits per heavy atom. The van der Waals surface area contributed by atoms with Gasteiger partial charge in [-0.15, -0.1) is 0 Å². The van der Waals surface area contributed by atoms with Gasteiger partial charge in [-0.3, -0.25) is 0 Å². The molecular weight excluding hydrogens is 208 g/mol. The predicted molar refractivity (Wildman–Crippen MR) is 52.3 cm³/mol. The molecule has 0 aromatic rings. The summed E-state index contributed by atoms with van der Waals surface area (Å²) in [5.41, 5.74) is -0.0641. The fourth-order valence-corrected chi connectivity index (χ4v) is 6.25. The fourth-order valence-electron chi connectivity index (χ4n) is 6.25. The molecule has 2 aliphatic heterocycles. The molecular formula is C12H16O4. The van der Waals surface area contributed by atoms with Crippen molar-refractivity contribution in [1.29, 1.82) is 0 Å². The molecule has 5 rings (SSSR count). The van der Waals surface area contributed by atoms with E-state index in [-0.39, 0.29) is 29.3 Å². The van der Waals surface area contributed by atoms with Gasteiger partial charge in [0, 0.05) is 18.4 Å². The second-order valence-corrected chi connectivity index (χ2v) is 6.44. The van der Waals surface area contributed by atoms with E-state index in [1.165, 1.54) is 0 Å². The SMILES string of the molecule is CO[C@@]12O[C@@H]3O[C@@]4(C)C[C@]31C1(CO)[C@H]2C[C@@H]14. The monoisotopic (exact) mass is 224 g/mol. The van der Waals surface area contributed by atoms with E-state index < -0.39 is 5.79 Å². The lowest BCUT2D eigenvalue weighted by atomic mass is 9.28. The minimum atomic E-state index is -0.425. The van der Waals surface area contributed by atoms with E-state index in [4.69, 9.17) is 14.2 Å². The van der Waals surface area contributed by atoms with Gasteiger partial charge in [0.05, 0.1) is 17.6 Å². The quantitative estimate of drug-likeness (QED) is 0.741. The zero-order chi connectivity index (χ0) is 11.0. The highest BCUT2D eigenvalue weighted by Gasteiger charge is 3.03. The number of hydrogen-bond donors (Lipinski definition) is 1. The number of aliphatic hydroxyl groups excluding tert-OH is 1. The summed E-state index contributed by atoms with van der Waals surface area (Å²) in [4.78, 5) is 0. The van der Waals surface area contributed by atoms with E-state index >= 15 is 0 Å². The van der Waals surface area contributed by atoms with Crippen LogP contribution in [0.25, 0.3) is 0 Å². The Balaban J connectivity index is 1.77. The Bertz CT molecular complexity index is 425. The number of fused-ring (bicyclic) bond motifs is 3. The molecule has 5 aliphatic rings. The van der Waals surface area contributed by atoms with E-state index in [2.05, 4.69) is 6.92 Å². The van der Waals surface area contributed by atoms with Gasteiger partial charge in [-0.05, 0) is 25.7 Å². The smallest absolute Gasteiger partial charge is 0.185 e. The van der Waals surface area contributed by atoms with Gasteiger partial charge in [-0.2, -0.15) is 0 Å². The minimum Gasteiger partial charge on any atom is -0.396 e. The molecule has 1 N–H and O–H groups in total. The number of hydrogen-bond acceptors (Lipinski definition) is 4. The lowest BCUT2D eigenvalue weighted by Gasteiger charge is -2.85. The highest BCUT2D eigenvalue weighted by molar-refractivity contribution is 5.44. The third-order valence-corrected chi connectivity index (χ3v) is 6.62. The van der Waals surface area contributed by atoms with E-state index in [9.17, 15) is 5.11 Å². The number of ether oxygens (including phenoxy) is 3. The summed E-state index contributed by atoms with van der Waals surface area (Å²) in [5, 5.41) is 9.86. The second kappa shape index (κ2) is 1.88. The van der Waals surface area contributed by atoms with Crippen LogP contribution in [-0.2, 0) is 14.2 Å². The molecule has 0 aromatic heterocycles. The van der Waals surface area contributed by atoms with Gasteiger partial charge in [-0.25, -0.2) is 0 Å². The van der Waals surface area contributed by atoms with Crippen molar-refractivity contribution in [2.75, 3.05) is 13.7 Å². The third kappa shape index (κ3) is 0.418. The van der Waals surface area contributed by atoms with Crippen LogP contribution < -0.4 is 0 Å². The maximum atomic E-state index is 9.86. The van der Waals surface area contributed by atoms with Crippen molar-refractivity contribution < 1.29 is 19.3 Å². The average molecular weight is 224 g/mol. The standard InChI is InChI=1S/C12H16O4/c1-9-4-11-8(15-9)16-12(11,14-2)7-3-6(9)10(7,11)5-13/h6-8,13H,3-5H2,1-2H3/t6-,7-,8+,9+,10?,11-,12+/m1/s1. The van der Waals surface area contributed by atoms with Crippen LogP contribution in [0.3, 0.4) is 0 Å². The number of methoxy groups -OCH3 is 1. The van der Waals surface area contributed by atoms with Gasteiger partial charge in [0.25, 0.3) is 0 Å². The zero-order valence-corrected chi connectivity index (χ0v) is 9.53. The average Bonchev–Trinajstić information content (AvgIpc) is 2.51. The molecule has 0 amide bonds. The number of rotatable bonds is 2. The van der Waals surface area contributed by atoms with Gasteiger partial charge < -0.3 is 19.3 Å². The lowest BCUT2D eigenvalue weighted by Crippen LogP contribution is -2.94. The van der Waals surface area contributed by atoms with E-state index in [1.54, 1.807) is 7.11 Å². The zero-order valence-electron chi connectivity index (χ0n) is 9.53. The third-order valence-electron chi connectivity index (χ3n) is 6.62. The summed E-state index contributed by atoms with van der Waals surface area (Å²) in [7, 11) is 1.73. The first-order valence-electron chi connectivity index (χ1n) is 6.13. The van der Waals surface area contributed by atoms with Crippen LogP contribution in [0.15, 0.2) is 0 Å². The van der Waals surface area contributed by atoms with Crippen LogP contribution in [0, 0.1) is 22.7 Å². The van der Waals surface area contributed by atoms with Crippen molar-refractivity contribution >= 4 is 0 Å². The van der Waals surface area contributed by atoms with Gasteiger partial charge >= 0.3 is 0 Å². The Morgan fingerprint density at radius 3 is 2.88 bits per heavy atom. The summed E-state index contributed by atoms with van der Waals surface area (Å²) < 4.78 is 17.6. The van der Waals surface area contributed by atoms with Crippen LogP contribution in [0.5, 0.6) is 0 Å². The molecule has 3 saturated carbocycles. The van der Waals surface area contributed by atoms with Gasteiger partial charge in [-0.1, -0.05) is 0 Å². The molecule has 4 heteroatoms. The van der Waals surface area contributed by atoms with Crippen LogP contribution in [0.1, 0.15) is 19.8 Å². The van der Waals surface area contributed by atoms with E-state index in [0.29, 0.717) is 11.8 Å². The first-order valence-corrected chi connectivity index (χ1v) is 6.13. The number of aliphatic hydroxyl groups is 1. The summed E-state index contributed by atoms with van der Waals surface area (Å²) in [6.07, 6.45) is 1.96. The van der Waals surface area contributed by atoms with Gasteiger partial charge in [0.15, 0.2) is 12.1 Å². The van der Waals surface area contributed by atoms with Crippen molar-refractivity contribution in [1.82, 2.24) is 0 Å². The molecule has 88 valence electrons. The van der Waals surface area contributed by atoms with Gasteiger partial charge in [0.1, 0.15) is 0 Å². The van der Waals surface area contributed by atoms with Crippen molar-refractivity contribution in [3.8, 4) is 0 Å². The van der Waals surface area contributed by atoms with Crippen LogP contribution in [0.2, 0.25) is 0 Å². The Labute approximate surface area is 93.9 Å². The molecule has 16 heavy (non-hydrogen) atoms. The van der Waals surface area contributed by atoms with E-state index in [0.717, 1.165) is 12.8 Å². The summed E-state index contributed by atoms with van der Waals surface area (Å²) >= 11 is 0. The molecule has 5 fully saturated rings. The van der Waals surface area contributed by atoms with Crippen molar-refractivity contribution in [3.63, 3.8) is 0 Å². The molecule has 2 heterocycles. The Kier molecular flexibility index (Phi) is 1.04. The first kappa shape index (κ1) is 8.86. The molecule has 1 spiro atoms. The second-order valence-electron chi connectivity index (χ2n) is 6.44. The van der Waals surface area contributed by atoms with Crippen molar-refractivity contribution in [2.45, 2.75) is 37.4 Å². The van der Waals surface area contributed by atoms with E-state index in [1.807, 2.05) is 0 Å².